The summed E-state index contributed by atoms with van der Waals surface area (Å²) in [5.41, 5.74) is 1.80. The maximum atomic E-state index is 13.1. The molecule has 1 aromatic heterocycles. The van der Waals surface area contributed by atoms with Gasteiger partial charge in [-0.15, -0.1) is 0 Å². The Morgan fingerprint density at radius 3 is 2.37 bits per heavy atom. The number of carbonyl (C=O) groups excluding carboxylic acids is 1. The van der Waals surface area contributed by atoms with Gasteiger partial charge >= 0.3 is 6.09 Å². The molecule has 35 heavy (non-hydrogen) atoms. The van der Waals surface area contributed by atoms with Crippen LogP contribution in [0.25, 0.3) is 0 Å². The molecule has 0 unspecified atom stereocenters. The smallest absolute Gasteiger partial charge is 0.410 e. The van der Waals surface area contributed by atoms with Crippen LogP contribution < -0.4 is 10.2 Å². The van der Waals surface area contributed by atoms with Gasteiger partial charge in [-0.2, -0.15) is 0 Å². The lowest BCUT2D eigenvalue weighted by molar-refractivity contribution is 0.0140. The molecule has 2 heterocycles. The summed E-state index contributed by atoms with van der Waals surface area (Å²) in [6.45, 7) is 8.14. The van der Waals surface area contributed by atoms with E-state index in [0.29, 0.717) is 30.8 Å². The average molecular weight is 538 g/mol. The molecule has 184 valence electrons. The molecular weight excluding hydrogens is 506 g/mol. The average Bonchev–Trinajstić information content (AvgIpc) is 2.83. The molecular formula is C27H32BrN5O2. The van der Waals surface area contributed by atoms with Crippen molar-refractivity contribution in [2.24, 2.45) is 0 Å². The normalized spacial score (nSPS) is 16.2. The number of hydrogen-bond donors (Lipinski definition) is 1. The fourth-order valence-corrected chi connectivity index (χ4v) is 4.43. The van der Waals surface area contributed by atoms with Crippen LogP contribution in [0.2, 0.25) is 0 Å². The SMILES string of the molecule is CC(C)(C)OC(=O)N1CCN(c2nc(Br)cnc2NCc2ccccc2)C[C@@H]1Cc1ccccc1. The summed E-state index contributed by atoms with van der Waals surface area (Å²) in [7, 11) is 0. The highest BCUT2D eigenvalue weighted by atomic mass is 79.9. The number of hydrogen-bond acceptors (Lipinski definition) is 6. The first-order valence-electron chi connectivity index (χ1n) is 11.9. The van der Waals surface area contributed by atoms with Crippen LogP contribution in [0, 0.1) is 0 Å². The molecule has 7 nitrogen and oxygen atoms in total. The summed E-state index contributed by atoms with van der Waals surface area (Å²) < 4.78 is 6.41. The van der Waals surface area contributed by atoms with E-state index in [9.17, 15) is 4.79 Å². The Bertz CT molecular complexity index is 1120. The summed E-state index contributed by atoms with van der Waals surface area (Å²) >= 11 is 3.48. The van der Waals surface area contributed by atoms with E-state index in [4.69, 9.17) is 9.72 Å². The zero-order valence-corrected chi connectivity index (χ0v) is 22.0. The maximum Gasteiger partial charge on any atom is 0.410 e. The fourth-order valence-electron chi connectivity index (χ4n) is 4.15. The van der Waals surface area contributed by atoms with Crippen LogP contribution >= 0.6 is 15.9 Å². The third kappa shape index (κ3) is 6.94. The number of nitrogens with zero attached hydrogens (tertiary/aromatic N) is 4. The molecule has 4 rings (SSSR count). The molecule has 0 saturated carbocycles. The molecule has 1 atom stereocenters. The van der Waals surface area contributed by atoms with E-state index in [-0.39, 0.29) is 12.1 Å². The zero-order valence-electron chi connectivity index (χ0n) is 20.4. The topological polar surface area (TPSA) is 70.6 Å². The monoisotopic (exact) mass is 537 g/mol. The van der Waals surface area contributed by atoms with Crippen LogP contribution in [0.5, 0.6) is 0 Å². The third-order valence-electron chi connectivity index (χ3n) is 5.75. The lowest BCUT2D eigenvalue weighted by atomic mass is 10.0. The summed E-state index contributed by atoms with van der Waals surface area (Å²) in [5, 5.41) is 3.44. The Kier molecular flexibility index (Phi) is 7.90. The van der Waals surface area contributed by atoms with Crippen LogP contribution in [0.15, 0.2) is 71.5 Å². The zero-order chi connectivity index (χ0) is 24.8. The van der Waals surface area contributed by atoms with Crippen LogP contribution in [-0.4, -0.2) is 52.2 Å². The Labute approximate surface area is 215 Å². The molecule has 8 heteroatoms. The van der Waals surface area contributed by atoms with Gasteiger partial charge in [-0.1, -0.05) is 60.7 Å². The van der Waals surface area contributed by atoms with E-state index in [1.807, 2.05) is 62.1 Å². The Morgan fingerprint density at radius 2 is 1.71 bits per heavy atom. The molecule has 1 N–H and O–H groups in total. The number of halogens is 1. The van der Waals surface area contributed by atoms with Crippen molar-refractivity contribution >= 4 is 33.7 Å². The number of piperazine rings is 1. The molecule has 0 aliphatic carbocycles. The Balaban J connectivity index is 1.56. The van der Waals surface area contributed by atoms with Crippen molar-refractivity contribution in [1.29, 1.82) is 0 Å². The summed E-state index contributed by atoms with van der Waals surface area (Å²) in [4.78, 5) is 26.5. The van der Waals surface area contributed by atoms with E-state index in [1.165, 1.54) is 11.1 Å². The highest BCUT2D eigenvalue weighted by Crippen LogP contribution is 2.28. The van der Waals surface area contributed by atoms with Gasteiger partial charge in [0.2, 0.25) is 0 Å². The van der Waals surface area contributed by atoms with Gasteiger partial charge in [0.15, 0.2) is 11.6 Å². The largest absolute Gasteiger partial charge is 0.444 e. The summed E-state index contributed by atoms with van der Waals surface area (Å²) in [6, 6.07) is 20.4. The first-order chi connectivity index (χ1) is 16.8. The Hall–Kier alpha value is -3.13. The molecule has 2 aromatic carbocycles. The maximum absolute atomic E-state index is 13.1. The van der Waals surface area contributed by atoms with E-state index in [2.05, 4.69) is 55.4 Å². The molecule has 1 amide bonds. The van der Waals surface area contributed by atoms with Gasteiger partial charge in [0.1, 0.15) is 10.2 Å². The van der Waals surface area contributed by atoms with Crippen molar-refractivity contribution in [2.45, 2.75) is 45.4 Å². The van der Waals surface area contributed by atoms with Crippen molar-refractivity contribution in [2.75, 3.05) is 29.9 Å². The van der Waals surface area contributed by atoms with Gasteiger partial charge in [0.05, 0.1) is 12.2 Å². The van der Waals surface area contributed by atoms with Gasteiger partial charge in [0, 0.05) is 26.2 Å². The molecule has 3 aromatic rings. The lowest BCUT2D eigenvalue weighted by Crippen LogP contribution is -2.57. The van der Waals surface area contributed by atoms with Crippen molar-refractivity contribution in [1.82, 2.24) is 14.9 Å². The number of carbonyl (C=O) groups is 1. The minimum absolute atomic E-state index is 0.0660. The van der Waals surface area contributed by atoms with E-state index in [1.54, 1.807) is 6.20 Å². The number of aromatic nitrogens is 2. The highest BCUT2D eigenvalue weighted by molar-refractivity contribution is 9.10. The number of amides is 1. The predicted molar refractivity (Wildman–Crippen MR) is 143 cm³/mol. The third-order valence-corrected chi connectivity index (χ3v) is 6.13. The number of benzene rings is 2. The van der Waals surface area contributed by atoms with E-state index < -0.39 is 5.60 Å². The van der Waals surface area contributed by atoms with Crippen molar-refractivity contribution in [3.8, 4) is 0 Å². The summed E-state index contributed by atoms with van der Waals surface area (Å²) in [5.74, 6) is 1.50. The van der Waals surface area contributed by atoms with Crippen LogP contribution in [0.1, 0.15) is 31.9 Å². The Morgan fingerprint density at radius 1 is 1.06 bits per heavy atom. The predicted octanol–water partition coefficient (Wildman–Crippen LogP) is 5.52. The summed E-state index contributed by atoms with van der Waals surface area (Å²) in [6.07, 6.45) is 2.15. The van der Waals surface area contributed by atoms with Crippen molar-refractivity contribution < 1.29 is 9.53 Å². The molecule has 1 aliphatic heterocycles. The standard InChI is InChI=1S/C27H32BrN5O2/c1-27(2,3)35-26(34)33-15-14-32(19-22(33)16-20-10-6-4-7-11-20)25-24(30-18-23(28)31-25)29-17-21-12-8-5-9-13-21/h4-13,18,22H,14-17,19H2,1-3H3,(H,29,30)/t22-/m0/s1. The van der Waals surface area contributed by atoms with E-state index in [0.717, 1.165) is 18.1 Å². The first-order valence-corrected chi connectivity index (χ1v) is 12.7. The van der Waals surface area contributed by atoms with Crippen LogP contribution in [0.4, 0.5) is 16.4 Å². The fraction of sp³-hybridized carbons (Fsp3) is 0.370. The minimum atomic E-state index is -0.546. The lowest BCUT2D eigenvalue weighted by Gasteiger charge is -2.42. The molecule has 0 bridgehead atoms. The molecule has 1 aliphatic rings. The number of anilines is 2. The number of ether oxygens (including phenoxy) is 1. The molecule has 1 fully saturated rings. The quantitative estimate of drug-likeness (QED) is 0.446. The van der Waals surface area contributed by atoms with Gasteiger partial charge in [0.25, 0.3) is 0 Å². The molecule has 1 saturated heterocycles. The molecule has 0 radical (unpaired) electrons. The van der Waals surface area contributed by atoms with Gasteiger partial charge in [-0.25, -0.2) is 14.8 Å². The van der Waals surface area contributed by atoms with Gasteiger partial charge < -0.3 is 19.9 Å². The van der Waals surface area contributed by atoms with Gasteiger partial charge in [-0.05, 0) is 54.2 Å². The minimum Gasteiger partial charge on any atom is -0.444 e. The second kappa shape index (κ2) is 11.1. The number of rotatable bonds is 6. The number of nitrogens with one attached hydrogen (secondary N) is 1. The second-order valence-corrected chi connectivity index (χ2v) is 10.5. The van der Waals surface area contributed by atoms with Gasteiger partial charge in [-0.3, -0.25) is 0 Å². The van der Waals surface area contributed by atoms with Crippen molar-refractivity contribution in [3.63, 3.8) is 0 Å². The van der Waals surface area contributed by atoms with Crippen molar-refractivity contribution in [3.05, 3.63) is 82.6 Å². The molecule has 0 spiro atoms. The first kappa shape index (κ1) is 25.0. The van der Waals surface area contributed by atoms with Crippen LogP contribution in [0.3, 0.4) is 0 Å². The van der Waals surface area contributed by atoms with Crippen LogP contribution in [-0.2, 0) is 17.7 Å². The van der Waals surface area contributed by atoms with E-state index >= 15 is 0 Å². The second-order valence-electron chi connectivity index (χ2n) is 9.67. The highest BCUT2D eigenvalue weighted by Gasteiger charge is 2.34.